The summed E-state index contributed by atoms with van der Waals surface area (Å²) in [4.78, 5) is 12.7. The minimum atomic E-state index is -4.08. The Morgan fingerprint density at radius 2 is 1.67 bits per heavy atom. The predicted molar refractivity (Wildman–Crippen MR) is 113 cm³/mol. The van der Waals surface area contributed by atoms with Crippen LogP contribution in [0.3, 0.4) is 0 Å². The third kappa shape index (κ3) is 4.39. The van der Waals surface area contributed by atoms with Crippen LogP contribution >= 0.6 is 0 Å². The molecule has 8 heteroatoms. The van der Waals surface area contributed by atoms with Gasteiger partial charge in [-0.3, -0.25) is 0 Å². The first-order chi connectivity index (χ1) is 14.4. The summed E-state index contributed by atoms with van der Waals surface area (Å²) < 4.78 is 44.2. The van der Waals surface area contributed by atoms with Gasteiger partial charge in [-0.15, -0.1) is 0 Å². The number of nitrogens with one attached hydrogen (secondary N) is 1. The third-order valence-electron chi connectivity index (χ3n) is 4.59. The fraction of sp³-hybridized carbons (Fsp3) is 0.227. The molecule has 0 saturated heterocycles. The smallest absolute Gasteiger partial charge is 0.328 e. The Balaban J connectivity index is 2.06. The highest BCUT2D eigenvalue weighted by Gasteiger charge is 2.30. The summed E-state index contributed by atoms with van der Waals surface area (Å²) in [5.74, 6) is -0.0245. The lowest BCUT2D eigenvalue weighted by Gasteiger charge is -2.20. The van der Waals surface area contributed by atoms with Crippen molar-refractivity contribution in [2.45, 2.75) is 17.9 Å². The molecule has 0 aliphatic heterocycles. The van der Waals surface area contributed by atoms with Crippen LogP contribution in [-0.2, 0) is 19.6 Å². The van der Waals surface area contributed by atoms with Gasteiger partial charge in [-0.2, -0.15) is 4.72 Å². The lowest BCUT2D eigenvalue weighted by molar-refractivity contribution is -0.145. The van der Waals surface area contributed by atoms with Crippen molar-refractivity contribution in [1.29, 1.82) is 0 Å². The Morgan fingerprint density at radius 1 is 0.967 bits per heavy atom. The average Bonchev–Trinajstić information content (AvgIpc) is 2.76. The molecule has 0 heterocycles. The van der Waals surface area contributed by atoms with Gasteiger partial charge in [0.05, 0.1) is 25.7 Å². The molecule has 3 aromatic carbocycles. The van der Waals surface area contributed by atoms with Gasteiger partial charge < -0.3 is 14.2 Å². The minimum absolute atomic E-state index is 0.0605. The molecule has 0 aliphatic carbocycles. The Bertz CT molecular complexity index is 1150. The molecule has 0 aliphatic rings. The van der Waals surface area contributed by atoms with Gasteiger partial charge in [0.15, 0.2) is 11.5 Å². The van der Waals surface area contributed by atoms with E-state index in [0.717, 1.165) is 10.8 Å². The summed E-state index contributed by atoms with van der Waals surface area (Å²) in [6, 6.07) is 15.8. The van der Waals surface area contributed by atoms with Gasteiger partial charge in [0.1, 0.15) is 6.04 Å². The van der Waals surface area contributed by atoms with Crippen molar-refractivity contribution in [3.63, 3.8) is 0 Å². The van der Waals surface area contributed by atoms with E-state index in [-0.39, 0.29) is 17.3 Å². The van der Waals surface area contributed by atoms with Crippen LogP contribution in [0.4, 0.5) is 0 Å². The number of fused-ring (bicyclic) bond motifs is 1. The van der Waals surface area contributed by atoms with Gasteiger partial charge in [0.2, 0.25) is 10.0 Å². The van der Waals surface area contributed by atoms with E-state index in [4.69, 9.17) is 14.2 Å². The number of hydrogen-bond donors (Lipinski definition) is 1. The summed E-state index contributed by atoms with van der Waals surface area (Å²) in [5, 5.41) is 1.64. The molecule has 0 amide bonds. The number of carbonyl (C=O) groups is 1. The second kappa shape index (κ2) is 9.15. The molecule has 0 spiro atoms. The molecule has 0 radical (unpaired) electrons. The van der Waals surface area contributed by atoms with Crippen molar-refractivity contribution in [3.05, 3.63) is 66.2 Å². The van der Waals surface area contributed by atoms with Crippen LogP contribution in [0.25, 0.3) is 10.8 Å². The van der Waals surface area contributed by atoms with Crippen LogP contribution in [0, 0.1) is 0 Å². The summed E-state index contributed by atoms with van der Waals surface area (Å²) in [6.07, 6.45) is 0. The van der Waals surface area contributed by atoms with Gasteiger partial charge in [-0.05, 0) is 35.4 Å². The maximum atomic E-state index is 13.1. The second-order valence-corrected chi connectivity index (χ2v) is 8.11. The Labute approximate surface area is 175 Å². The van der Waals surface area contributed by atoms with E-state index in [0.29, 0.717) is 11.3 Å². The predicted octanol–water partition coefficient (Wildman–Crippen LogP) is 3.44. The van der Waals surface area contributed by atoms with Gasteiger partial charge in [-0.1, -0.05) is 42.5 Å². The van der Waals surface area contributed by atoms with Gasteiger partial charge >= 0.3 is 5.97 Å². The standard InChI is InChI=1S/C22H23NO6S/c1-4-29-22(24)21(18-11-7-9-15-8-5-6-10-17(15)18)23-30(25,26)16-12-13-19(27-2)20(14-16)28-3/h5-14,21,23H,4H2,1-3H3/t21-/m0/s1. The first-order valence-electron chi connectivity index (χ1n) is 9.30. The fourth-order valence-corrected chi connectivity index (χ4v) is 4.35. The monoisotopic (exact) mass is 429 g/mol. The van der Waals surface area contributed by atoms with E-state index in [9.17, 15) is 13.2 Å². The zero-order valence-corrected chi connectivity index (χ0v) is 17.7. The first-order valence-corrected chi connectivity index (χ1v) is 10.8. The fourth-order valence-electron chi connectivity index (χ4n) is 3.17. The van der Waals surface area contributed by atoms with Crippen LogP contribution in [0.1, 0.15) is 18.5 Å². The molecule has 3 aromatic rings. The van der Waals surface area contributed by atoms with Crippen LogP contribution in [0.15, 0.2) is 65.6 Å². The largest absolute Gasteiger partial charge is 0.493 e. The number of benzene rings is 3. The van der Waals surface area contributed by atoms with Gasteiger partial charge in [-0.25, -0.2) is 13.2 Å². The number of sulfonamides is 1. The van der Waals surface area contributed by atoms with Gasteiger partial charge in [0, 0.05) is 6.07 Å². The minimum Gasteiger partial charge on any atom is -0.493 e. The zero-order valence-electron chi connectivity index (χ0n) is 16.9. The van der Waals surface area contributed by atoms with E-state index in [1.54, 1.807) is 19.1 Å². The topological polar surface area (TPSA) is 90.9 Å². The molecule has 158 valence electrons. The van der Waals surface area contributed by atoms with Gasteiger partial charge in [0.25, 0.3) is 0 Å². The molecule has 7 nitrogen and oxygen atoms in total. The zero-order chi connectivity index (χ0) is 21.7. The summed E-state index contributed by atoms with van der Waals surface area (Å²) >= 11 is 0. The molecular weight excluding hydrogens is 406 g/mol. The molecular formula is C22H23NO6S. The van der Waals surface area contributed by atoms with E-state index in [1.165, 1.54) is 32.4 Å². The van der Waals surface area contributed by atoms with Crippen molar-refractivity contribution in [3.8, 4) is 11.5 Å². The molecule has 1 atom stereocenters. The molecule has 0 aromatic heterocycles. The highest BCUT2D eigenvalue weighted by molar-refractivity contribution is 7.89. The Morgan fingerprint density at radius 3 is 2.37 bits per heavy atom. The highest BCUT2D eigenvalue weighted by Crippen LogP contribution is 2.31. The summed E-state index contributed by atoms with van der Waals surface area (Å²) in [7, 11) is -1.21. The van der Waals surface area contributed by atoms with E-state index < -0.39 is 22.0 Å². The number of esters is 1. The first kappa shape index (κ1) is 21.6. The van der Waals surface area contributed by atoms with Crippen LogP contribution in [-0.4, -0.2) is 35.2 Å². The lowest BCUT2D eigenvalue weighted by Crippen LogP contribution is -2.35. The SMILES string of the molecule is CCOC(=O)[C@@H](NS(=O)(=O)c1ccc(OC)c(OC)c1)c1cccc2ccccc12. The maximum Gasteiger partial charge on any atom is 0.328 e. The second-order valence-electron chi connectivity index (χ2n) is 6.39. The molecule has 0 unspecified atom stereocenters. The number of methoxy groups -OCH3 is 2. The van der Waals surface area contributed by atoms with Crippen molar-refractivity contribution in [2.24, 2.45) is 0 Å². The highest BCUT2D eigenvalue weighted by atomic mass is 32.2. The van der Waals surface area contributed by atoms with Crippen molar-refractivity contribution in [1.82, 2.24) is 4.72 Å². The van der Waals surface area contributed by atoms with E-state index in [2.05, 4.69) is 4.72 Å². The van der Waals surface area contributed by atoms with Crippen molar-refractivity contribution >= 4 is 26.8 Å². The summed E-state index contributed by atoms with van der Waals surface area (Å²) in [5.41, 5.74) is 0.510. The number of carbonyl (C=O) groups excluding carboxylic acids is 1. The Hall–Kier alpha value is -3.10. The van der Waals surface area contributed by atoms with Crippen LogP contribution in [0.5, 0.6) is 11.5 Å². The average molecular weight is 429 g/mol. The Kier molecular flexibility index (Phi) is 6.59. The molecule has 30 heavy (non-hydrogen) atoms. The normalized spacial score (nSPS) is 12.4. The third-order valence-corrected chi connectivity index (χ3v) is 6.02. The van der Waals surface area contributed by atoms with Crippen LogP contribution in [0.2, 0.25) is 0 Å². The maximum absolute atomic E-state index is 13.1. The quantitative estimate of drug-likeness (QED) is 0.552. The molecule has 1 N–H and O–H groups in total. The van der Waals surface area contributed by atoms with Crippen LogP contribution < -0.4 is 14.2 Å². The van der Waals surface area contributed by atoms with Crippen molar-refractivity contribution < 1.29 is 27.4 Å². The van der Waals surface area contributed by atoms with E-state index in [1.807, 2.05) is 30.3 Å². The van der Waals surface area contributed by atoms with E-state index >= 15 is 0 Å². The molecule has 0 saturated carbocycles. The molecule has 3 rings (SSSR count). The number of ether oxygens (including phenoxy) is 3. The number of rotatable bonds is 8. The van der Waals surface area contributed by atoms with Crippen molar-refractivity contribution in [2.75, 3.05) is 20.8 Å². The number of hydrogen-bond acceptors (Lipinski definition) is 6. The summed E-state index contributed by atoms with van der Waals surface area (Å²) in [6.45, 7) is 1.79. The molecule has 0 fully saturated rings. The molecule has 0 bridgehead atoms. The lowest BCUT2D eigenvalue weighted by atomic mass is 9.99.